The van der Waals surface area contributed by atoms with Crippen LogP contribution in [0.25, 0.3) is 0 Å². The van der Waals surface area contributed by atoms with E-state index >= 15 is 4.39 Å². The van der Waals surface area contributed by atoms with E-state index in [9.17, 15) is 27.2 Å². The van der Waals surface area contributed by atoms with Crippen molar-refractivity contribution in [2.75, 3.05) is 23.4 Å². The molecule has 0 spiro atoms. The van der Waals surface area contributed by atoms with Crippen LogP contribution < -0.4 is 15.5 Å². The molecule has 1 aromatic heterocycles. The molecule has 1 aliphatic rings. The number of likely N-dealkylation sites (N-methyl/N-ethyl adjacent to an activating group) is 1. The molecule has 2 aromatic rings. The highest BCUT2D eigenvalue weighted by Crippen LogP contribution is 2.38. The summed E-state index contributed by atoms with van der Waals surface area (Å²) in [7, 11) is 1.30. The summed E-state index contributed by atoms with van der Waals surface area (Å²) in [6.45, 7) is 0.555. The minimum absolute atomic E-state index is 0.0184. The Morgan fingerprint density at radius 3 is 2.50 bits per heavy atom. The Morgan fingerprint density at radius 2 is 1.94 bits per heavy atom. The van der Waals surface area contributed by atoms with Crippen LogP contribution in [-0.4, -0.2) is 42.1 Å². The van der Waals surface area contributed by atoms with Crippen LogP contribution in [-0.2, 0) is 15.8 Å². The quantitative estimate of drug-likeness (QED) is 0.683. The number of anilines is 2. The molecule has 2 N–H and O–H groups in total. The molecule has 0 saturated carbocycles. The fraction of sp³-hybridized carbons (Fsp3) is 0.350. The van der Waals surface area contributed by atoms with Gasteiger partial charge in [-0.25, -0.2) is 13.8 Å². The number of hydrogen-bond acceptors (Lipinski definition) is 4. The number of carbonyl (C=O) groups is 2. The predicted molar refractivity (Wildman–Crippen MR) is 108 cm³/mol. The van der Waals surface area contributed by atoms with Crippen molar-refractivity contribution in [3.63, 3.8) is 0 Å². The average Bonchev–Trinajstić information content (AvgIpc) is 3.07. The molecule has 0 aliphatic carbocycles. The zero-order valence-electron chi connectivity index (χ0n) is 16.9. The van der Waals surface area contributed by atoms with E-state index in [0.717, 1.165) is 28.0 Å². The lowest BCUT2D eigenvalue weighted by Crippen LogP contribution is -2.45. The Labute approximate surface area is 184 Å². The van der Waals surface area contributed by atoms with E-state index in [4.69, 9.17) is 17.3 Å². The number of carbonyl (C=O) groups excluding carboxylic acids is 2. The molecule has 172 valence electrons. The number of aryl methyl sites for hydroxylation is 1. The third-order valence-corrected chi connectivity index (χ3v) is 5.51. The largest absolute Gasteiger partial charge is 0.416 e. The van der Waals surface area contributed by atoms with Gasteiger partial charge in [-0.05, 0) is 37.3 Å². The van der Waals surface area contributed by atoms with Crippen LogP contribution in [0.15, 0.2) is 30.3 Å². The standard InChI is InChI=1S/C20H18ClF5N4O2/c1-10-5-11(20(24,25)26)6-16(28-10)30-9-19(23,18(27)32)8-15(30)17(31)29(2)12-3-4-14(22)13(21)7-12/h3-7,15H,8-9H2,1-2H3,(H2,27,32)/t15-,19+/m0/s1. The van der Waals surface area contributed by atoms with Crippen molar-refractivity contribution in [2.24, 2.45) is 5.73 Å². The first-order chi connectivity index (χ1) is 14.7. The molecule has 6 nitrogen and oxygen atoms in total. The molecule has 2 atom stereocenters. The van der Waals surface area contributed by atoms with Crippen LogP contribution in [0.5, 0.6) is 0 Å². The van der Waals surface area contributed by atoms with Crippen LogP contribution in [0.3, 0.4) is 0 Å². The lowest BCUT2D eigenvalue weighted by Gasteiger charge is -2.29. The van der Waals surface area contributed by atoms with Crippen LogP contribution in [0.4, 0.5) is 33.5 Å². The summed E-state index contributed by atoms with van der Waals surface area (Å²) in [5.74, 6) is -3.18. The Bertz CT molecular complexity index is 1080. The minimum atomic E-state index is -4.71. The summed E-state index contributed by atoms with van der Waals surface area (Å²) in [4.78, 5) is 30.9. The van der Waals surface area contributed by atoms with Gasteiger partial charge in [0.05, 0.1) is 17.1 Å². The number of pyridine rings is 1. The zero-order valence-corrected chi connectivity index (χ0v) is 17.6. The van der Waals surface area contributed by atoms with Crippen molar-refractivity contribution in [3.05, 3.63) is 52.4 Å². The smallest absolute Gasteiger partial charge is 0.367 e. The number of amides is 2. The van der Waals surface area contributed by atoms with Crippen molar-refractivity contribution in [1.29, 1.82) is 0 Å². The van der Waals surface area contributed by atoms with Crippen LogP contribution >= 0.6 is 11.6 Å². The van der Waals surface area contributed by atoms with Gasteiger partial charge in [-0.1, -0.05) is 11.6 Å². The lowest BCUT2D eigenvalue weighted by molar-refractivity contribution is -0.137. The third kappa shape index (κ3) is 4.47. The normalized spacial score (nSPS) is 21.0. The molecule has 2 heterocycles. The van der Waals surface area contributed by atoms with E-state index in [0.29, 0.717) is 6.07 Å². The van der Waals surface area contributed by atoms with E-state index < -0.39 is 54.0 Å². The van der Waals surface area contributed by atoms with Gasteiger partial charge in [0, 0.05) is 24.8 Å². The van der Waals surface area contributed by atoms with E-state index in [2.05, 4.69) is 4.98 Å². The van der Waals surface area contributed by atoms with E-state index in [1.54, 1.807) is 0 Å². The number of aromatic nitrogens is 1. The highest BCUT2D eigenvalue weighted by molar-refractivity contribution is 6.31. The monoisotopic (exact) mass is 476 g/mol. The maximum absolute atomic E-state index is 15.2. The summed E-state index contributed by atoms with van der Waals surface area (Å²) in [5.41, 5.74) is 1.58. The number of primary amides is 1. The highest BCUT2D eigenvalue weighted by atomic mass is 35.5. The predicted octanol–water partition coefficient (Wildman–Crippen LogP) is 3.64. The molecule has 1 saturated heterocycles. The van der Waals surface area contributed by atoms with Gasteiger partial charge < -0.3 is 15.5 Å². The molecule has 0 bridgehead atoms. The number of rotatable bonds is 4. The molecular formula is C20H18ClF5N4O2. The maximum atomic E-state index is 15.2. The lowest BCUT2D eigenvalue weighted by atomic mass is 10.0. The van der Waals surface area contributed by atoms with Gasteiger partial charge in [0.1, 0.15) is 17.7 Å². The summed E-state index contributed by atoms with van der Waals surface area (Å²) in [6.07, 6.45) is -5.41. The Balaban J connectivity index is 2.04. The Hall–Kier alpha value is -2.95. The molecular weight excluding hydrogens is 459 g/mol. The first-order valence-electron chi connectivity index (χ1n) is 9.27. The average molecular weight is 477 g/mol. The number of benzene rings is 1. The fourth-order valence-electron chi connectivity index (χ4n) is 3.51. The van der Waals surface area contributed by atoms with Gasteiger partial charge in [-0.15, -0.1) is 0 Å². The van der Waals surface area contributed by atoms with E-state index in [-0.39, 0.29) is 22.2 Å². The fourth-order valence-corrected chi connectivity index (χ4v) is 3.68. The molecule has 1 fully saturated rings. The molecule has 1 aliphatic heterocycles. The van der Waals surface area contributed by atoms with Crippen molar-refractivity contribution < 1.29 is 31.5 Å². The molecule has 3 rings (SSSR count). The number of nitrogens with two attached hydrogens (primary N) is 1. The van der Waals surface area contributed by atoms with E-state index in [1.807, 2.05) is 0 Å². The topological polar surface area (TPSA) is 79.5 Å². The van der Waals surface area contributed by atoms with Crippen LogP contribution in [0.1, 0.15) is 17.7 Å². The minimum Gasteiger partial charge on any atom is -0.367 e. The van der Waals surface area contributed by atoms with Gasteiger partial charge in [0.15, 0.2) is 0 Å². The number of hydrogen-bond donors (Lipinski definition) is 1. The van der Waals surface area contributed by atoms with Gasteiger partial charge in [-0.2, -0.15) is 13.2 Å². The highest BCUT2D eigenvalue weighted by Gasteiger charge is 2.53. The summed E-state index contributed by atoms with van der Waals surface area (Å²) < 4.78 is 68.5. The van der Waals surface area contributed by atoms with Gasteiger partial charge in [0.2, 0.25) is 11.6 Å². The van der Waals surface area contributed by atoms with Gasteiger partial charge >= 0.3 is 6.18 Å². The number of halogens is 6. The van der Waals surface area contributed by atoms with Crippen molar-refractivity contribution in [2.45, 2.75) is 31.2 Å². The molecule has 0 unspecified atom stereocenters. The molecule has 0 radical (unpaired) electrons. The summed E-state index contributed by atoms with van der Waals surface area (Å²) in [5, 5.41) is -0.266. The van der Waals surface area contributed by atoms with Crippen LogP contribution in [0, 0.1) is 12.7 Å². The first-order valence-corrected chi connectivity index (χ1v) is 9.65. The number of alkyl halides is 4. The molecule has 12 heteroatoms. The second-order valence-corrected chi connectivity index (χ2v) is 7.93. The molecule has 2 amide bonds. The third-order valence-electron chi connectivity index (χ3n) is 5.22. The number of nitrogens with zero attached hydrogens (tertiary/aromatic N) is 3. The SMILES string of the molecule is Cc1cc(C(F)(F)F)cc(N2C[C@@](F)(C(N)=O)C[C@H]2C(=O)N(C)c2ccc(F)c(Cl)c2)n1. The second kappa shape index (κ2) is 8.19. The first kappa shape index (κ1) is 23.7. The molecule has 32 heavy (non-hydrogen) atoms. The maximum Gasteiger partial charge on any atom is 0.416 e. The van der Waals surface area contributed by atoms with Crippen LogP contribution in [0.2, 0.25) is 5.02 Å². The van der Waals surface area contributed by atoms with Gasteiger partial charge in [-0.3, -0.25) is 9.59 Å². The molecule has 1 aromatic carbocycles. The zero-order chi connectivity index (χ0) is 24.0. The van der Waals surface area contributed by atoms with Crippen molar-refractivity contribution in [3.8, 4) is 0 Å². The van der Waals surface area contributed by atoms with Crippen molar-refractivity contribution >= 4 is 34.9 Å². The van der Waals surface area contributed by atoms with E-state index in [1.165, 1.54) is 20.0 Å². The summed E-state index contributed by atoms with van der Waals surface area (Å²) in [6, 6.07) is 3.51. The Kier molecular flexibility index (Phi) is 6.07. The Morgan fingerprint density at radius 1 is 1.28 bits per heavy atom. The van der Waals surface area contributed by atoms with Crippen molar-refractivity contribution in [1.82, 2.24) is 4.98 Å². The van der Waals surface area contributed by atoms with Gasteiger partial charge in [0.25, 0.3) is 5.91 Å². The second-order valence-electron chi connectivity index (χ2n) is 7.53. The summed E-state index contributed by atoms with van der Waals surface area (Å²) >= 11 is 5.75.